The van der Waals surface area contributed by atoms with E-state index in [2.05, 4.69) is 5.32 Å². The molecule has 5 nitrogen and oxygen atoms in total. The van der Waals surface area contributed by atoms with Gasteiger partial charge in [0.2, 0.25) is 5.91 Å². The molecule has 2 N–H and O–H groups in total. The SMILES string of the molecule is CN(C)C(=O)c1cc(NC(=O)C2CCCC2O)ccc1Cl. The zero-order chi connectivity index (χ0) is 15.6. The molecule has 0 saturated heterocycles. The van der Waals surface area contributed by atoms with Crippen LogP contribution in [0.15, 0.2) is 18.2 Å². The van der Waals surface area contributed by atoms with E-state index in [1.54, 1.807) is 32.3 Å². The lowest BCUT2D eigenvalue weighted by Crippen LogP contribution is -2.29. The molecule has 0 spiro atoms. The smallest absolute Gasteiger partial charge is 0.254 e. The number of halogens is 1. The number of hydrogen-bond donors (Lipinski definition) is 2. The van der Waals surface area contributed by atoms with E-state index in [0.29, 0.717) is 29.1 Å². The van der Waals surface area contributed by atoms with Crippen LogP contribution >= 0.6 is 11.6 Å². The van der Waals surface area contributed by atoms with Crippen molar-refractivity contribution in [3.8, 4) is 0 Å². The van der Waals surface area contributed by atoms with E-state index in [1.165, 1.54) is 4.90 Å². The van der Waals surface area contributed by atoms with E-state index in [4.69, 9.17) is 11.6 Å². The molecule has 2 unspecified atom stereocenters. The second kappa shape index (κ2) is 6.45. The Balaban J connectivity index is 2.16. The predicted molar refractivity (Wildman–Crippen MR) is 81.4 cm³/mol. The van der Waals surface area contributed by atoms with Gasteiger partial charge in [0.1, 0.15) is 0 Å². The molecule has 1 aromatic carbocycles. The predicted octanol–water partition coefficient (Wildman–Crippen LogP) is 2.14. The summed E-state index contributed by atoms with van der Waals surface area (Å²) in [6.45, 7) is 0. The Morgan fingerprint density at radius 3 is 2.62 bits per heavy atom. The number of nitrogens with one attached hydrogen (secondary N) is 1. The molecule has 114 valence electrons. The quantitative estimate of drug-likeness (QED) is 0.898. The first-order valence-corrected chi connectivity index (χ1v) is 7.28. The molecule has 21 heavy (non-hydrogen) atoms. The third-order valence-electron chi connectivity index (χ3n) is 3.69. The molecule has 0 bridgehead atoms. The van der Waals surface area contributed by atoms with Crippen molar-refractivity contribution in [2.45, 2.75) is 25.4 Å². The number of rotatable bonds is 3. The third-order valence-corrected chi connectivity index (χ3v) is 4.02. The van der Waals surface area contributed by atoms with Gasteiger partial charge in [-0.15, -0.1) is 0 Å². The topological polar surface area (TPSA) is 69.6 Å². The number of benzene rings is 1. The van der Waals surface area contributed by atoms with Crippen molar-refractivity contribution in [2.75, 3.05) is 19.4 Å². The summed E-state index contributed by atoms with van der Waals surface area (Å²) in [4.78, 5) is 25.6. The van der Waals surface area contributed by atoms with Crippen molar-refractivity contribution in [2.24, 2.45) is 5.92 Å². The molecule has 2 atom stereocenters. The van der Waals surface area contributed by atoms with E-state index in [0.717, 1.165) is 6.42 Å². The van der Waals surface area contributed by atoms with Gasteiger partial charge >= 0.3 is 0 Å². The average molecular weight is 311 g/mol. The van der Waals surface area contributed by atoms with Gasteiger partial charge in [0.25, 0.3) is 5.91 Å². The van der Waals surface area contributed by atoms with Crippen LogP contribution in [0.5, 0.6) is 0 Å². The molecule has 0 heterocycles. The Bertz CT molecular complexity index is 560. The largest absolute Gasteiger partial charge is 0.392 e. The third kappa shape index (κ3) is 3.54. The van der Waals surface area contributed by atoms with Crippen LogP contribution < -0.4 is 5.32 Å². The fraction of sp³-hybridized carbons (Fsp3) is 0.467. The zero-order valence-electron chi connectivity index (χ0n) is 12.1. The molecule has 6 heteroatoms. The molecular weight excluding hydrogens is 292 g/mol. The minimum absolute atomic E-state index is 0.217. The monoisotopic (exact) mass is 310 g/mol. The molecular formula is C15H19ClN2O3. The molecule has 1 saturated carbocycles. The van der Waals surface area contributed by atoms with E-state index < -0.39 is 6.10 Å². The molecule has 1 fully saturated rings. The summed E-state index contributed by atoms with van der Waals surface area (Å²) in [5, 5.41) is 12.8. The minimum atomic E-state index is -0.583. The molecule has 2 amide bonds. The summed E-state index contributed by atoms with van der Waals surface area (Å²) >= 11 is 6.02. The van der Waals surface area contributed by atoms with Gasteiger partial charge in [-0.3, -0.25) is 9.59 Å². The lowest BCUT2D eigenvalue weighted by molar-refractivity contribution is -0.122. The molecule has 2 rings (SSSR count). The van der Waals surface area contributed by atoms with Crippen LogP contribution in [0.25, 0.3) is 0 Å². The van der Waals surface area contributed by atoms with Crippen LogP contribution in [0, 0.1) is 5.92 Å². The summed E-state index contributed by atoms with van der Waals surface area (Å²) in [6.07, 6.45) is 1.61. The van der Waals surface area contributed by atoms with E-state index >= 15 is 0 Å². The first kappa shape index (κ1) is 15.8. The Morgan fingerprint density at radius 1 is 1.33 bits per heavy atom. The van der Waals surface area contributed by atoms with Crippen LogP contribution in [-0.4, -0.2) is 42.0 Å². The first-order valence-electron chi connectivity index (χ1n) is 6.90. The number of aliphatic hydroxyl groups excluding tert-OH is 1. The number of anilines is 1. The van der Waals surface area contributed by atoms with Crippen LogP contribution in [0.3, 0.4) is 0 Å². The minimum Gasteiger partial charge on any atom is -0.392 e. The van der Waals surface area contributed by atoms with Crippen molar-refractivity contribution in [3.05, 3.63) is 28.8 Å². The number of hydrogen-bond acceptors (Lipinski definition) is 3. The molecule has 1 aromatic rings. The highest BCUT2D eigenvalue weighted by atomic mass is 35.5. The maximum Gasteiger partial charge on any atom is 0.254 e. The highest BCUT2D eigenvalue weighted by Crippen LogP contribution is 2.28. The summed E-state index contributed by atoms with van der Waals surface area (Å²) in [5.74, 6) is -0.823. The molecule has 1 aliphatic rings. The fourth-order valence-corrected chi connectivity index (χ4v) is 2.69. The Kier molecular flexibility index (Phi) is 4.85. The molecule has 0 aliphatic heterocycles. The Hall–Kier alpha value is -1.59. The fourth-order valence-electron chi connectivity index (χ4n) is 2.49. The van der Waals surface area contributed by atoms with E-state index in [-0.39, 0.29) is 17.7 Å². The second-order valence-corrected chi connectivity index (χ2v) is 5.90. The van der Waals surface area contributed by atoms with Crippen LogP contribution in [0.4, 0.5) is 5.69 Å². The highest BCUT2D eigenvalue weighted by Gasteiger charge is 2.31. The van der Waals surface area contributed by atoms with Crippen molar-refractivity contribution in [1.29, 1.82) is 0 Å². The standard InChI is InChI=1S/C15H19ClN2O3/c1-18(2)15(21)11-8-9(6-7-12(11)16)17-14(20)10-4-3-5-13(10)19/h6-8,10,13,19H,3-5H2,1-2H3,(H,17,20). The maximum absolute atomic E-state index is 12.1. The summed E-state index contributed by atoms with van der Waals surface area (Å²) in [5.41, 5.74) is 0.847. The van der Waals surface area contributed by atoms with Crippen molar-refractivity contribution < 1.29 is 14.7 Å². The summed E-state index contributed by atoms with van der Waals surface area (Å²) in [6, 6.07) is 4.79. The first-order chi connectivity index (χ1) is 9.90. The van der Waals surface area contributed by atoms with Gasteiger partial charge < -0.3 is 15.3 Å². The summed E-state index contributed by atoms with van der Waals surface area (Å²) < 4.78 is 0. The lowest BCUT2D eigenvalue weighted by Gasteiger charge is -2.16. The van der Waals surface area contributed by atoms with Crippen LogP contribution in [0.1, 0.15) is 29.6 Å². The number of aliphatic hydroxyl groups is 1. The van der Waals surface area contributed by atoms with Crippen molar-refractivity contribution in [1.82, 2.24) is 4.90 Å². The number of amides is 2. The molecule has 1 aliphatic carbocycles. The van der Waals surface area contributed by atoms with E-state index in [1.807, 2.05) is 0 Å². The average Bonchev–Trinajstić information content (AvgIpc) is 2.86. The second-order valence-electron chi connectivity index (χ2n) is 5.49. The van der Waals surface area contributed by atoms with Crippen LogP contribution in [0.2, 0.25) is 5.02 Å². The van der Waals surface area contributed by atoms with Gasteiger partial charge in [0.15, 0.2) is 0 Å². The van der Waals surface area contributed by atoms with Gasteiger partial charge in [-0.1, -0.05) is 11.6 Å². The Labute approximate surface area is 128 Å². The van der Waals surface area contributed by atoms with Gasteiger partial charge in [0.05, 0.1) is 22.6 Å². The lowest BCUT2D eigenvalue weighted by atomic mass is 10.0. The van der Waals surface area contributed by atoms with Crippen molar-refractivity contribution in [3.63, 3.8) is 0 Å². The maximum atomic E-state index is 12.1. The number of nitrogens with zero attached hydrogens (tertiary/aromatic N) is 1. The van der Waals surface area contributed by atoms with Gasteiger partial charge in [-0.2, -0.15) is 0 Å². The molecule has 0 aromatic heterocycles. The van der Waals surface area contributed by atoms with Gasteiger partial charge in [0, 0.05) is 19.8 Å². The highest BCUT2D eigenvalue weighted by molar-refractivity contribution is 6.34. The van der Waals surface area contributed by atoms with Crippen molar-refractivity contribution >= 4 is 29.1 Å². The number of carbonyl (C=O) groups is 2. The van der Waals surface area contributed by atoms with Crippen LogP contribution in [-0.2, 0) is 4.79 Å². The zero-order valence-corrected chi connectivity index (χ0v) is 12.9. The van der Waals surface area contributed by atoms with Gasteiger partial charge in [-0.05, 0) is 37.5 Å². The Morgan fingerprint density at radius 2 is 2.05 bits per heavy atom. The molecule has 0 radical (unpaired) electrons. The number of carbonyl (C=O) groups excluding carboxylic acids is 2. The van der Waals surface area contributed by atoms with Gasteiger partial charge in [-0.25, -0.2) is 0 Å². The normalized spacial score (nSPS) is 21.1. The van der Waals surface area contributed by atoms with E-state index in [9.17, 15) is 14.7 Å². The summed E-state index contributed by atoms with van der Waals surface area (Å²) in [7, 11) is 3.28.